The third-order valence-electron chi connectivity index (χ3n) is 3.69. The van der Waals surface area contributed by atoms with E-state index in [2.05, 4.69) is 5.32 Å². The molecule has 0 aliphatic rings. The second-order valence-electron chi connectivity index (χ2n) is 5.29. The van der Waals surface area contributed by atoms with E-state index in [-0.39, 0.29) is 23.5 Å². The lowest BCUT2D eigenvalue weighted by Gasteiger charge is -2.20. The summed E-state index contributed by atoms with van der Waals surface area (Å²) in [6.45, 7) is 3.54. The van der Waals surface area contributed by atoms with Crippen LogP contribution in [0.15, 0.2) is 54.6 Å². The Labute approximate surface area is 129 Å². The van der Waals surface area contributed by atoms with Crippen LogP contribution in [0, 0.1) is 11.7 Å². The number of hydrogen-bond acceptors (Lipinski definition) is 2. The molecular weight excluding hydrogens is 281 g/mol. The van der Waals surface area contributed by atoms with Crippen LogP contribution in [0.1, 0.15) is 34.6 Å². The van der Waals surface area contributed by atoms with Gasteiger partial charge in [-0.05, 0) is 43.3 Å². The van der Waals surface area contributed by atoms with Crippen molar-refractivity contribution in [2.24, 2.45) is 5.92 Å². The normalized spacial score (nSPS) is 13.2. The molecule has 2 unspecified atom stereocenters. The Kier molecular flexibility index (Phi) is 5.04. The molecule has 114 valence electrons. The van der Waals surface area contributed by atoms with Crippen molar-refractivity contribution >= 4 is 11.7 Å². The first kappa shape index (κ1) is 15.9. The lowest BCUT2D eigenvalue weighted by molar-refractivity contribution is 0.0868. The van der Waals surface area contributed by atoms with Gasteiger partial charge in [0.1, 0.15) is 5.82 Å². The SMILES string of the molecule is CC(NC(=O)c1ccccc1)C(C)C(=O)c1ccc(F)cc1. The Bertz CT molecular complexity index is 653. The maximum Gasteiger partial charge on any atom is 0.251 e. The van der Waals surface area contributed by atoms with Crippen molar-refractivity contribution in [1.29, 1.82) is 0 Å². The molecule has 0 radical (unpaired) electrons. The van der Waals surface area contributed by atoms with E-state index in [1.165, 1.54) is 24.3 Å². The van der Waals surface area contributed by atoms with Gasteiger partial charge in [-0.25, -0.2) is 4.39 Å². The molecule has 2 atom stereocenters. The van der Waals surface area contributed by atoms with Crippen LogP contribution in [0.2, 0.25) is 0 Å². The Morgan fingerprint density at radius 2 is 1.50 bits per heavy atom. The van der Waals surface area contributed by atoms with E-state index >= 15 is 0 Å². The molecule has 0 bridgehead atoms. The molecule has 1 N–H and O–H groups in total. The second-order valence-corrected chi connectivity index (χ2v) is 5.29. The molecule has 0 aliphatic heterocycles. The highest BCUT2D eigenvalue weighted by atomic mass is 19.1. The van der Waals surface area contributed by atoms with E-state index in [1.54, 1.807) is 38.1 Å². The number of halogens is 1. The van der Waals surface area contributed by atoms with Crippen LogP contribution in [0.5, 0.6) is 0 Å². The van der Waals surface area contributed by atoms with Gasteiger partial charge >= 0.3 is 0 Å². The fraction of sp³-hybridized carbons (Fsp3) is 0.222. The Hall–Kier alpha value is -2.49. The molecule has 0 aromatic heterocycles. The van der Waals surface area contributed by atoms with Gasteiger partial charge in [-0.1, -0.05) is 25.1 Å². The highest BCUT2D eigenvalue weighted by molar-refractivity contribution is 5.99. The molecular formula is C18H18FNO2. The minimum atomic E-state index is -0.405. The summed E-state index contributed by atoms with van der Waals surface area (Å²) in [5.74, 6) is -1.12. The number of ketones is 1. The standard InChI is InChI=1S/C18H18FNO2/c1-12(17(21)14-8-10-16(19)11-9-14)13(2)20-18(22)15-6-4-3-5-7-15/h3-13H,1-2H3,(H,20,22). The van der Waals surface area contributed by atoms with Crippen molar-refractivity contribution in [1.82, 2.24) is 5.32 Å². The molecule has 0 aliphatic carbocycles. The van der Waals surface area contributed by atoms with E-state index in [4.69, 9.17) is 0 Å². The van der Waals surface area contributed by atoms with E-state index in [1.807, 2.05) is 6.07 Å². The van der Waals surface area contributed by atoms with Crippen LogP contribution in [-0.4, -0.2) is 17.7 Å². The van der Waals surface area contributed by atoms with Crippen LogP contribution in [0.25, 0.3) is 0 Å². The molecule has 0 fully saturated rings. The number of hydrogen-bond donors (Lipinski definition) is 1. The maximum absolute atomic E-state index is 12.9. The predicted octanol–water partition coefficient (Wildman–Crippen LogP) is 3.46. The molecule has 22 heavy (non-hydrogen) atoms. The van der Waals surface area contributed by atoms with Gasteiger partial charge in [-0.2, -0.15) is 0 Å². The van der Waals surface area contributed by atoms with Gasteiger partial charge in [0.05, 0.1) is 0 Å². The summed E-state index contributed by atoms with van der Waals surface area (Å²) in [5.41, 5.74) is 0.991. The summed E-state index contributed by atoms with van der Waals surface area (Å²) in [4.78, 5) is 24.4. The van der Waals surface area contributed by atoms with E-state index in [0.717, 1.165) is 0 Å². The van der Waals surface area contributed by atoms with Crippen molar-refractivity contribution in [2.75, 3.05) is 0 Å². The molecule has 2 aromatic carbocycles. The first-order valence-electron chi connectivity index (χ1n) is 7.14. The summed E-state index contributed by atoms with van der Waals surface area (Å²) in [6, 6.07) is 13.9. The third kappa shape index (κ3) is 3.79. The highest BCUT2D eigenvalue weighted by Crippen LogP contribution is 2.14. The molecule has 2 aromatic rings. The predicted molar refractivity (Wildman–Crippen MR) is 83.3 cm³/mol. The summed E-state index contributed by atoms with van der Waals surface area (Å²) in [7, 11) is 0. The topological polar surface area (TPSA) is 46.2 Å². The number of rotatable bonds is 5. The van der Waals surface area contributed by atoms with Crippen LogP contribution < -0.4 is 5.32 Å². The van der Waals surface area contributed by atoms with Crippen LogP contribution in [0.3, 0.4) is 0 Å². The van der Waals surface area contributed by atoms with Gasteiger partial charge in [0, 0.05) is 23.1 Å². The molecule has 0 heterocycles. The van der Waals surface area contributed by atoms with Crippen molar-refractivity contribution in [3.63, 3.8) is 0 Å². The van der Waals surface area contributed by atoms with Crippen molar-refractivity contribution < 1.29 is 14.0 Å². The lowest BCUT2D eigenvalue weighted by Crippen LogP contribution is -2.40. The largest absolute Gasteiger partial charge is 0.349 e. The summed E-state index contributed by atoms with van der Waals surface area (Å²) in [6.07, 6.45) is 0. The molecule has 1 amide bonds. The monoisotopic (exact) mass is 299 g/mol. The minimum Gasteiger partial charge on any atom is -0.349 e. The Morgan fingerprint density at radius 3 is 2.09 bits per heavy atom. The second kappa shape index (κ2) is 6.98. The summed E-state index contributed by atoms with van der Waals surface area (Å²) < 4.78 is 12.9. The summed E-state index contributed by atoms with van der Waals surface area (Å²) in [5, 5.41) is 2.82. The molecule has 0 spiro atoms. The van der Waals surface area contributed by atoms with Gasteiger partial charge in [0.25, 0.3) is 5.91 Å². The maximum atomic E-state index is 12.9. The van der Waals surface area contributed by atoms with Crippen LogP contribution >= 0.6 is 0 Å². The van der Waals surface area contributed by atoms with Gasteiger partial charge in [0.15, 0.2) is 5.78 Å². The van der Waals surface area contributed by atoms with Gasteiger partial charge in [0.2, 0.25) is 0 Å². The Balaban J connectivity index is 2.02. The average Bonchev–Trinajstić information content (AvgIpc) is 2.55. The van der Waals surface area contributed by atoms with E-state index < -0.39 is 5.92 Å². The van der Waals surface area contributed by atoms with Crippen molar-refractivity contribution in [2.45, 2.75) is 19.9 Å². The molecule has 0 saturated carbocycles. The van der Waals surface area contributed by atoms with Gasteiger partial charge in [-0.15, -0.1) is 0 Å². The smallest absolute Gasteiger partial charge is 0.251 e. The minimum absolute atomic E-state index is 0.124. The number of Topliss-reactive ketones (excluding diaryl/α,β-unsaturated/α-hetero) is 1. The van der Waals surface area contributed by atoms with Crippen molar-refractivity contribution in [3.8, 4) is 0 Å². The highest BCUT2D eigenvalue weighted by Gasteiger charge is 2.23. The van der Waals surface area contributed by atoms with Crippen molar-refractivity contribution in [3.05, 3.63) is 71.5 Å². The zero-order valence-electron chi connectivity index (χ0n) is 12.5. The third-order valence-corrected chi connectivity index (χ3v) is 3.69. The zero-order valence-corrected chi connectivity index (χ0v) is 12.5. The van der Waals surface area contributed by atoms with Crippen LogP contribution in [-0.2, 0) is 0 Å². The van der Waals surface area contributed by atoms with E-state index in [0.29, 0.717) is 11.1 Å². The summed E-state index contributed by atoms with van der Waals surface area (Å²) >= 11 is 0. The Morgan fingerprint density at radius 1 is 0.909 bits per heavy atom. The van der Waals surface area contributed by atoms with Crippen LogP contribution in [0.4, 0.5) is 4.39 Å². The average molecular weight is 299 g/mol. The number of carbonyl (C=O) groups is 2. The fourth-order valence-electron chi connectivity index (χ4n) is 2.11. The molecule has 0 saturated heterocycles. The number of nitrogens with one attached hydrogen (secondary N) is 1. The van der Waals surface area contributed by atoms with Gasteiger partial charge in [-0.3, -0.25) is 9.59 Å². The first-order chi connectivity index (χ1) is 10.5. The lowest BCUT2D eigenvalue weighted by atomic mass is 9.93. The number of carbonyl (C=O) groups excluding carboxylic acids is 2. The molecule has 2 rings (SSSR count). The molecule has 4 heteroatoms. The quantitative estimate of drug-likeness (QED) is 0.859. The molecule has 3 nitrogen and oxygen atoms in total. The number of amides is 1. The first-order valence-corrected chi connectivity index (χ1v) is 7.14. The zero-order chi connectivity index (χ0) is 16.1. The van der Waals surface area contributed by atoms with Gasteiger partial charge < -0.3 is 5.32 Å². The van der Waals surface area contributed by atoms with E-state index in [9.17, 15) is 14.0 Å². The fourth-order valence-corrected chi connectivity index (χ4v) is 2.11. The number of benzene rings is 2.